The Bertz CT molecular complexity index is 957. The molecule has 11 heteroatoms. The van der Waals surface area contributed by atoms with Crippen LogP contribution in [-0.4, -0.2) is 39.0 Å². The number of hydrogen-bond acceptors (Lipinski definition) is 5. The van der Waals surface area contributed by atoms with Crippen LogP contribution in [0.3, 0.4) is 0 Å². The molecule has 1 saturated heterocycles. The third-order valence-electron chi connectivity index (χ3n) is 5.39. The zero-order chi connectivity index (χ0) is 22.2. The number of anilines is 2. The lowest BCUT2D eigenvalue weighted by Gasteiger charge is -2.28. The van der Waals surface area contributed by atoms with Gasteiger partial charge in [0.05, 0.1) is 15.8 Å². The molecule has 1 aliphatic heterocycles. The fourth-order valence-corrected chi connectivity index (χ4v) is 4.73. The number of nitrogens with one attached hydrogen (secondary N) is 1. The molecule has 1 amide bonds. The molecule has 1 atom stereocenters. The maximum atomic E-state index is 13.1. The third kappa shape index (κ3) is 5.11. The van der Waals surface area contributed by atoms with Crippen LogP contribution >= 0.6 is 23.4 Å². The Labute approximate surface area is 187 Å². The lowest BCUT2D eigenvalue weighted by molar-refractivity contribution is -0.137. The summed E-state index contributed by atoms with van der Waals surface area (Å²) in [5.41, 5.74) is -0.932. The Morgan fingerprint density at radius 2 is 1.94 bits per heavy atom. The van der Waals surface area contributed by atoms with Gasteiger partial charge in [-0.1, -0.05) is 23.4 Å². The average Bonchev–Trinajstić information content (AvgIpc) is 3.49. The highest BCUT2D eigenvalue weighted by Crippen LogP contribution is 2.42. The second kappa shape index (κ2) is 8.90. The van der Waals surface area contributed by atoms with Gasteiger partial charge in [-0.25, -0.2) is 0 Å². The summed E-state index contributed by atoms with van der Waals surface area (Å²) in [6.07, 6.45) is 0.979. The van der Waals surface area contributed by atoms with Gasteiger partial charge in [0.15, 0.2) is 5.16 Å². The molecule has 0 bridgehead atoms. The lowest BCUT2D eigenvalue weighted by Crippen LogP contribution is -2.32. The number of amides is 1. The molecule has 1 unspecified atom stereocenters. The van der Waals surface area contributed by atoms with E-state index < -0.39 is 27.9 Å². The molecular formula is C20H23ClF3N5OS. The smallest absolute Gasteiger partial charge is 0.341 e. The summed E-state index contributed by atoms with van der Waals surface area (Å²) in [7, 11) is 0. The van der Waals surface area contributed by atoms with Crippen LogP contribution in [0.1, 0.15) is 50.6 Å². The molecule has 1 saturated carbocycles. The fraction of sp³-hybridized carbons (Fsp3) is 0.550. The summed E-state index contributed by atoms with van der Waals surface area (Å²) >= 11 is 6.91. The lowest BCUT2D eigenvalue weighted by atomic mass is 10.1. The van der Waals surface area contributed by atoms with Crippen molar-refractivity contribution >= 4 is 40.9 Å². The van der Waals surface area contributed by atoms with E-state index in [1.165, 1.54) is 24.2 Å². The summed E-state index contributed by atoms with van der Waals surface area (Å²) in [5.74, 6) is 0.440. The van der Waals surface area contributed by atoms with Crippen molar-refractivity contribution in [3.8, 4) is 0 Å². The number of carbonyl (C=O) groups is 1. The maximum Gasteiger partial charge on any atom is 0.417 e. The third-order valence-corrected chi connectivity index (χ3v) is 6.77. The van der Waals surface area contributed by atoms with Gasteiger partial charge in [-0.2, -0.15) is 13.2 Å². The quantitative estimate of drug-likeness (QED) is 0.569. The molecule has 168 valence electrons. The van der Waals surface area contributed by atoms with Gasteiger partial charge in [0.2, 0.25) is 11.9 Å². The molecular weight excluding hydrogens is 451 g/mol. The van der Waals surface area contributed by atoms with Gasteiger partial charge in [0.1, 0.15) is 0 Å². The minimum Gasteiger partial charge on any atom is -0.341 e. The van der Waals surface area contributed by atoms with Crippen LogP contribution in [0, 0.1) is 0 Å². The standard InChI is InChI=1S/C20H23ClF3N5OS/c1-12(17(30)25-13-5-8-16(21)15(11-13)20(22,23)24)31-19-27-26-18(29(19)14-6-7-14)28-9-3-2-4-10-28/h5,8,11-12,14H,2-4,6-7,9-10H2,1H3,(H,25,30). The number of nitrogens with zero attached hydrogens (tertiary/aromatic N) is 4. The highest BCUT2D eigenvalue weighted by atomic mass is 35.5. The minimum atomic E-state index is -4.59. The summed E-state index contributed by atoms with van der Waals surface area (Å²) < 4.78 is 41.3. The van der Waals surface area contributed by atoms with E-state index in [4.69, 9.17) is 11.6 Å². The van der Waals surface area contributed by atoms with Crippen molar-refractivity contribution in [3.05, 3.63) is 28.8 Å². The van der Waals surface area contributed by atoms with Gasteiger partial charge in [-0.15, -0.1) is 10.2 Å². The van der Waals surface area contributed by atoms with Gasteiger partial charge >= 0.3 is 6.18 Å². The van der Waals surface area contributed by atoms with Crippen molar-refractivity contribution in [2.45, 2.75) is 61.7 Å². The number of thioether (sulfide) groups is 1. The Morgan fingerprint density at radius 3 is 2.58 bits per heavy atom. The molecule has 1 aromatic heterocycles. The molecule has 0 spiro atoms. The van der Waals surface area contributed by atoms with E-state index >= 15 is 0 Å². The highest BCUT2D eigenvalue weighted by Gasteiger charge is 2.35. The molecule has 2 aromatic rings. The van der Waals surface area contributed by atoms with E-state index in [9.17, 15) is 18.0 Å². The largest absolute Gasteiger partial charge is 0.417 e. The monoisotopic (exact) mass is 473 g/mol. The number of alkyl halides is 3. The molecule has 1 aliphatic carbocycles. The van der Waals surface area contributed by atoms with E-state index in [-0.39, 0.29) is 5.69 Å². The highest BCUT2D eigenvalue weighted by molar-refractivity contribution is 8.00. The Kier molecular flexibility index (Phi) is 6.39. The van der Waals surface area contributed by atoms with Gasteiger partial charge in [-0.05, 0) is 57.2 Å². The van der Waals surface area contributed by atoms with Gasteiger partial charge in [0.25, 0.3) is 0 Å². The first-order valence-electron chi connectivity index (χ1n) is 10.3. The van der Waals surface area contributed by atoms with Crippen molar-refractivity contribution in [1.29, 1.82) is 0 Å². The van der Waals surface area contributed by atoms with E-state index in [0.29, 0.717) is 11.2 Å². The summed E-state index contributed by atoms with van der Waals surface area (Å²) in [4.78, 5) is 14.9. The minimum absolute atomic E-state index is 0.0480. The molecule has 1 aromatic carbocycles. The molecule has 2 heterocycles. The van der Waals surface area contributed by atoms with E-state index in [2.05, 4.69) is 25.0 Å². The van der Waals surface area contributed by atoms with E-state index in [0.717, 1.165) is 56.9 Å². The first kappa shape index (κ1) is 22.3. The summed E-state index contributed by atoms with van der Waals surface area (Å²) in [6.45, 7) is 3.60. The average molecular weight is 474 g/mol. The van der Waals surface area contributed by atoms with Crippen LogP contribution in [0.25, 0.3) is 0 Å². The van der Waals surface area contributed by atoms with Crippen molar-refractivity contribution in [3.63, 3.8) is 0 Å². The molecule has 0 radical (unpaired) electrons. The fourth-order valence-electron chi connectivity index (χ4n) is 3.59. The molecule has 31 heavy (non-hydrogen) atoms. The number of rotatable bonds is 6. The predicted octanol–water partition coefficient (Wildman–Crippen LogP) is 5.39. The first-order chi connectivity index (χ1) is 14.7. The summed E-state index contributed by atoms with van der Waals surface area (Å²) in [5, 5.41) is 11.0. The number of halogens is 4. The Morgan fingerprint density at radius 1 is 1.23 bits per heavy atom. The summed E-state index contributed by atoms with van der Waals surface area (Å²) in [6, 6.07) is 3.68. The second-order valence-electron chi connectivity index (χ2n) is 7.87. The molecule has 6 nitrogen and oxygen atoms in total. The van der Waals surface area contributed by atoms with Crippen molar-refractivity contribution in [1.82, 2.24) is 14.8 Å². The SMILES string of the molecule is CC(Sc1nnc(N2CCCCC2)n1C1CC1)C(=O)Nc1ccc(Cl)c(C(F)(F)F)c1. The van der Waals surface area contributed by atoms with Crippen LogP contribution in [0.5, 0.6) is 0 Å². The molecule has 4 rings (SSSR count). The number of aromatic nitrogens is 3. The van der Waals surface area contributed by atoms with E-state index in [1.54, 1.807) is 6.92 Å². The number of piperidine rings is 1. The van der Waals surface area contributed by atoms with Crippen molar-refractivity contribution in [2.24, 2.45) is 0 Å². The molecule has 2 fully saturated rings. The molecule has 1 N–H and O–H groups in total. The van der Waals surface area contributed by atoms with Gasteiger partial charge in [-0.3, -0.25) is 9.36 Å². The van der Waals surface area contributed by atoms with Crippen LogP contribution in [0.4, 0.5) is 24.8 Å². The molecule has 2 aliphatic rings. The van der Waals surface area contributed by atoms with Crippen LogP contribution in [-0.2, 0) is 11.0 Å². The predicted molar refractivity (Wildman–Crippen MR) is 115 cm³/mol. The normalized spacial score (nSPS) is 18.2. The zero-order valence-electron chi connectivity index (χ0n) is 17.0. The number of benzene rings is 1. The Balaban J connectivity index is 1.47. The second-order valence-corrected chi connectivity index (χ2v) is 9.59. The number of carbonyl (C=O) groups excluding carboxylic acids is 1. The zero-order valence-corrected chi connectivity index (χ0v) is 18.5. The Hall–Kier alpha value is -1.94. The van der Waals surface area contributed by atoms with Crippen LogP contribution in [0.2, 0.25) is 5.02 Å². The van der Waals surface area contributed by atoms with E-state index in [1.807, 2.05) is 0 Å². The maximum absolute atomic E-state index is 13.1. The number of hydrogen-bond donors (Lipinski definition) is 1. The first-order valence-corrected chi connectivity index (χ1v) is 11.5. The van der Waals surface area contributed by atoms with Crippen molar-refractivity contribution in [2.75, 3.05) is 23.3 Å². The van der Waals surface area contributed by atoms with Gasteiger partial charge < -0.3 is 10.2 Å². The van der Waals surface area contributed by atoms with Gasteiger partial charge in [0, 0.05) is 24.8 Å². The van der Waals surface area contributed by atoms with Crippen molar-refractivity contribution < 1.29 is 18.0 Å². The van der Waals surface area contributed by atoms with Crippen LogP contribution < -0.4 is 10.2 Å². The topological polar surface area (TPSA) is 63.1 Å². The van der Waals surface area contributed by atoms with Crippen LogP contribution in [0.15, 0.2) is 23.4 Å².